The van der Waals surface area contributed by atoms with Crippen molar-refractivity contribution in [3.05, 3.63) is 11.6 Å². The van der Waals surface area contributed by atoms with E-state index < -0.39 is 12.1 Å². The Labute approximate surface area is 90.9 Å². The van der Waals surface area contributed by atoms with E-state index in [0.717, 1.165) is 0 Å². The summed E-state index contributed by atoms with van der Waals surface area (Å²) >= 11 is 0. The first-order valence-electron chi connectivity index (χ1n) is 5.17. The summed E-state index contributed by atoms with van der Waals surface area (Å²) in [4.78, 5) is 0. The summed E-state index contributed by atoms with van der Waals surface area (Å²) in [5, 5.41) is 10.3. The number of hydrogen-bond acceptors (Lipinski definition) is 3. The molecular formula is C9H13F3N4. The second kappa shape index (κ2) is 4.04. The van der Waals surface area contributed by atoms with Gasteiger partial charge in [0.25, 0.3) is 0 Å². The zero-order valence-corrected chi connectivity index (χ0v) is 8.88. The van der Waals surface area contributed by atoms with Gasteiger partial charge in [0.15, 0.2) is 0 Å². The van der Waals surface area contributed by atoms with E-state index in [1.54, 1.807) is 11.6 Å². The molecular weight excluding hydrogens is 221 g/mol. The molecule has 16 heavy (non-hydrogen) atoms. The van der Waals surface area contributed by atoms with Crippen LogP contribution in [0.3, 0.4) is 0 Å². The normalized spacial score (nSPS) is 20.9. The molecule has 0 aliphatic carbocycles. The molecule has 90 valence electrons. The van der Waals surface area contributed by atoms with Crippen molar-refractivity contribution in [2.45, 2.75) is 38.0 Å². The van der Waals surface area contributed by atoms with Crippen LogP contribution < -0.4 is 5.32 Å². The fourth-order valence-corrected chi connectivity index (χ4v) is 2.03. The van der Waals surface area contributed by atoms with Gasteiger partial charge in [-0.2, -0.15) is 13.2 Å². The van der Waals surface area contributed by atoms with Crippen molar-refractivity contribution in [2.75, 3.05) is 7.05 Å². The van der Waals surface area contributed by atoms with Gasteiger partial charge in [-0.3, -0.25) is 0 Å². The van der Waals surface area contributed by atoms with Crippen molar-refractivity contribution in [2.24, 2.45) is 0 Å². The monoisotopic (exact) mass is 234 g/mol. The van der Waals surface area contributed by atoms with E-state index in [4.69, 9.17) is 0 Å². The highest BCUT2D eigenvalue weighted by Gasteiger charge is 2.45. The van der Waals surface area contributed by atoms with Crippen LogP contribution in [0.25, 0.3) is 0 Å². The molecule has 1 aliphatic heterocycles. The van der Waals surface area contributed by atoms with Crippen molar-refractivity contribution in [3.63, 3.8) is 0 Å². The lowest BCUT2D eigenvalue weighted by Gasteiger charge is -2.25. The van der Waals surface area contributed by atoms with Gasteiger partial charge in [-0.25, -0.2) is 0 Å². The standard InChI is InChI=1S/C9H13F3N4/c1-13-5-7-14-15-8-6(9(10,11)12)3-2-4-16(7)8/h6,13H,2-5H2,1H3/t6-/m0/s1. The maximum Gasteiger partial charge on any atom is 0.398 e. The number of aromatic nitrogens is 3. The summed E-state index contributed by atoms with van der Waals surface area (Å²) in [6.07, 6.45) is -3.59. The van der Waals surface area contributed by atoms with Gasteiger partial charge in [-0.15, -0.1) is 10.2 Å². The number of nitrogens with zero attached hydrogens (tertiary/aromatic N) is 3. The number of halogens is 3. The average Bonchev–Trinajstić information content (AvgIpc) is 2.61. The Hall–Kier alpha value is -1.11. The smallest absolute Gasteiger partial charge is 0.313 e. The van der Waals surface area contributed by atoms with Crippen LogP contribution in [-0.4, -0.2) is 28.0 Å². The van der Waals surface area contributed by atoms with Crippen molar-refractivity contribution < 1.29 is 13.2 Å². The highest BCUT2D eigenvalue weighted by atomic mass is 19.4. The third kappa shape index (κ3) is 1.91. The average molecular weight is 234 g/mol. The second-order valence-electron chi connectivity index (χ2n) is 3.89. The lowest BCUT2D eigenvalue weighted by Crippen LogP contribution is -2.29. The number of alkyl halides is 3. The van der Waals surface area contributed by atoms with Gasteiger partial charge in [-0.05, 0) is 19.9 Å². The largest absolute Gasteiger partial charge is 0.398 e. The SMILES string of the molecule is CNCc1nnc2n1CCC[C@@H]2C(F)(F)F. The Morgan fingerprint density at radius 3 is 2.81 bits per heavy atom. The van der Waals surface area contributed by atoms with Crippen molar-refractivity contribution in [1.29, 1.82) is 0 Å². The summed E-state index contributed by atoms with van der Waals surface area (Å²) in [6.45, 7) is 1.02. The van der Waals surface area contributed by atoms with E-state index in [9.17, 15) is 13.2 Å². The molecule has 4 nitrogen and oxygen atoms in total. The van der Waals surface area contributed by atoms with E-state index in [2.05, 4.69) is 15.5 Å². The molecule has 1 N–H and O–H groups in total. The molecule has 0 bridgehead atoms. The van der Waals surface area contributed by atoms with Gasteiger partial charge in [0.1, 0.15) is 17.6 Å². The maximum absolute atomic E-state index is 12.7. The van der Waals surface area contributed by atoms with E-state index in [0.29, 0.717) is 25.3 Å². The van der Waals surface area contributed by atoms with Gasteiger partial charge in [0, 0.05) is 6.54 Å². The van der Waals surface area contributed by atoms with Gasteiger partial charge in [0.05, 0.1) is 6.54 Å². The van der Waals surface area contributed by atoms with Gasteiger partial charge in [0.2, 0.25) is 0 Å². The van der Waals surface area contributed by atoms with Crippen LogP contribution in [-0.2, 0) is 13.1 Å². The minimum Gasteiger partial charge on any atom is -0.313 e. The lowest BCUT2D eigenvalue weighted by atomic mass is 9.98. The summed E-state index contributed by atoms with van der Waals surface area (Å²) < 4.78 is 39.7. The molecule has 1 aromatic rings. The van der Waals surface area contributed by atoms with Crippen LogP contribution in [0, 0.1) is 0 Å². The molecule has 1 aromatic heterocycles. The zero-order valence-electron chi connectivity index (χ0n) is 8.88. The van der Waals surface area contributed by atoms with E-state index in [1.807, 2.05) is 0 Å². The lowest BCUT2D eigenvalue weighted by molar-refractivity contribution is -0.156. The summed E-state index contributed by atoms with van der Waals surface area (Å²) in [5.41, 5.74) is 0. The minimum atomic E-state index is -4.22. The molecule has 0 spiro atoms. The van der Waals surface area contributed by atoms with Crippen molar-refractivity contribution in [3.8, 4) is 0 Å². The third-order valence-corrected chi connectivity index (χ3v) is 2.77. The molecule has 0 saturated carbocycles. The highest BCUT2D eigenvalue weighted by molar-refractivity contribution is 5.07. The number of hydrogen-bond donors (Lipinski definition) is 1. The first-order chi connectivity index (χ1) is 7.54. The molecule has 1 atom stereocenters. The number of fused-ring (bicyclic) bond motifs is 1. The molecule has 1 aliphatic rings. The molecule has 0 unspecified atom stereocenters. The van der Waals surface area contributed by atoms with Gasteiger partial charge < -0.3 is 9.88 Å². The molecule has 2 heterocycles. The first kappa shape index (κ1) is 11.4. The van der Waals surface area contributed by atoms with Crippen molar-refractivity contribution >= 4 is 0 Å². The Balaban J connectivity index is 2.33. The molecule has 0 fully saturated rings. The zero-order chi connectivity index (χ0) is 11.8. The third-order valence-electron chi connectivity index (χ3n) is 2.77. The summed E-state index contributed by atoms with van der Waals surface area (Å²) in [5.74, 6) is -0.824. The van der Waals surface area contributed by atoms with E-state index in [1.165, 1.54) is 0 Å². The summed E-state index contributed by atoms with van der Waals surface area (Å²) in [7, 11) is 1.73. The topological polar surface area (TPSA) is 42.7 Å². The van der Waals surface area contributed by atoms with Crippen LogP contribution in [0.4, 0.5) is 13.2 Å². The Morgan fingerprint density at radius 2 is 2.19 bits per heavy atom. The van der Waals surface area contributed by atoms with Crippen LogP contribution in [0.5, 0.6) is 0 Å². The van der Waals surface area contributed by atoms with Crippen molar-refractivity contribution in [1.82, 2.24) is 20.1 Å². The predicted octanol–water partition coefficient (Wildman–Crippen LogP) is 1.44. The van der Waals surface area contributed by atoms with E-state index >= 15 is 0 Å². The Kier molecular flexibility index (Phi) is 2.88. The first-order valence-corrected chi connectivity index (χ1v) is 5.17. The number of nitrogens with one attached hydrogen (secondary N) is 1. The number of rotatable bonds is 2. The van der Waals surface area contributed by atoms with Gasteiger partial charge >= 0.3 is 6.18 Å². The quantitative estimate of drug-likeness (QED) is 0.842. The summed E-state index contributed by atoms with van der Waals surface area (Å²) in [6, 6.07) is 0. The van der Waals surface area contributed by atoms with Crippen LogP contribution in [0.1, 0.15) is 30.4 Å². The second-order valence-corrected chi connectivity index (χ2v) is 3.89. The van der Waals surface area contributed by atoms with Crippen LogP contribution in [0.15, 0.2) is 0 Å². The molecule has 0 saturated heterocycles. The molecule has 0 radical (unpaired) electrons. The molecule has 7 heteroatoms. The highest BCUT2D eigenvalue weighted by Crippen LogP contribution is 2.40. The molecule has 0 amide bonds. The fourth-order valence-electron chi connectivity index (χ4n) is 2.03. The Bertz CT molecular complexity index is 371. The maximum atomic E-state index is 12.7. The predicted molar refractivity (Wildman–Crippen MR) is 50.8 cm³/mol. The fraction of sp³-hybridized carbons (Fsp3) is 0.778. The van der Waals surface area contributed by atoms with E-state index in [-0.39, 0.29) is 12.2 Å². The van der Waals surface area contributed by atoms with Crippen LogP contribution >= 0.6 is 0 Å². The van der Waals surface area contributed by atoms with Crippen LogP contribution in [0.2, 0.25) is 0 Å². The molecule has 0 aromatic carbocycles. The minimum absolute atomic E-state index is 0.0593. The Morgan fingerprint density at radius 1 is 1.44 bits per heavy atom. The molecule has 2 rings (SSSR count). The van der Waals surface area contributed by atoms with Gasteiger partial charge in [-0.1, -0.05) is 0 Å².